The number of aromatic nitrogens is 2. The van der Waals surface area contributed by atoms with Gasteiger partial charge in [-0.05, 0) is 41.6 Å². The second-order valence-corrected chi connectivity index (χ2v) is 10.2. The fourth-order valence-corrected chi connectivity index (χ4v) is 2.43. The third-order valence-electron chi connectivity index (χ3n) is 2.37. The van der Waals surface area contributed by atoms with Gasteiger partial charge in [0.25, 0.3) is 6.01 Å². The lowest BCUT2D eigenvalue weighted by Gasteiger charge is -2.24. The number of rotatable bonds is 8. The topological polar surface area (TPSA) is 53.3 Å². The molecule has 0 saturated carbocycles. The first kappa shape index (κ1) is 20.5. The number of hydrogen-bond donors (Lipinski definition) is 0. The van der Waals surface area contributed by atoms with Gasteiger partial charge in [-0.2, -0.15) is 4.98 Å². The van der Waals surface area contributed by atoms with Gasteiger partial charge < -0.3 is 9.47 Å². The quantitative estimate of drug-likeness (QED) is 0.509. The number of aldehydes is 1. The second kappa shape index (κ2) is 10.2. The van der Waals surface area contributed by atoms with E-state index in [1.807, 2.05) is 20.8 Å². The summed E-state index contributed by atoms with van der Waals surface area (Å²) in [6.45, 7) is 7.31. The molecule has 0 aromatic carbocycles. The molecule has 0 radical (unpaired) electrons. The van der Waals surface area contributed by atoms with E-state index in [0.29, 0.717) is 29.5 Å². The highest BCUT2D eigenvalue weighted by Gasteiger charge is 2.16. The smallest absolute Gasteiger partial charge is 0.299 e. The van der Waals surface area contributed by atoms with Crippen molar-refractivity contribution in [3.05, 3.63) is 10.3 Å². The normalized spacial score (nSPS) is 11.6. The van der Waals surface area contributed by atoms with Crippen molar-refractivity contribution >= 4 is 32.2 Å². The van der Waals surface area contributed by atoms with Gasteiger partial charge in [-0.15, -0.1) is 0 Å². The predicted octanol–water partition coefficient (Wildman–Crippen LogP) is 3.55. The van der Waals surface area contributed by atoms with Crippen LogP contribution in [0.5, 0.6) is 6.01 Å². The summed E-state index contributed by atoms with van der Waals surface area (Å²) in [6.07, 6.45) is 7.48. The van der Waals surface area contributed by atoms with E-state index < -0.39 is 10.0 Å². The SMILES string of the molecule is CC.CCOc1nc(Br)c(C=O)n1COCCS(C)(C)C. The summed E-state index contributed by atoms with van der Waals surface area (Å²) in [4.78, 5) is 15.2. The fraction of sp³-hybridized carbons (Fsp3) is 0.714. The second-order valence-electron chi connectivity index (χ2n) is 4.88. The van der Waals surface area contributed by atoms with Crippen LogP contribution in [0.3, 0.4) is 0 Å². The van der Waals surface area contributed by atoms with Crippen LogP contribution >= 0.6 is 26.0 Å². The van der Waals surface area contributed by atoms with Crippen LogP contribution in [0.1, 0.15) is 31.3 Å². The molecule has 0 aliphatic heterocycles. The van der Waals surface area contributed by atoms with Crippen molar-refractivity contribution < 1.29 is 14.3 Å². The minimum Gasteiger partial charge on any atom is -0.465 e. The molecule has 1 aromatic rings. The number of halogens is 1. The molecule has 0 aliphatic carbocycles. The largest absolute Gasteiger partial charge is 0.465 e. The maximum absolute atomic E-state index is 11.1. The molecule has 124 valence electrons. The Labute approximate surface area is 137 Å². The lowest BCUT2D eigenvalue weighted by molar-refractivity contribution is 0.0781. The van der Waals surface area contributed by atoms with E-state index in [2.05, 4.69) is 39.7 Å². The fourth-order valence-electron chi connectivity index (χ4n) is 1.36. The molecule has 1 heterocycles. The van der Waals surface area contributed by atoms with E-state index in [9.17, 15) is 4.79 Å². The molecule has 1 aromatic heterocycles. The van der Waals surface area contributed by atoms with Crippen LogP contribution in [-0.4, -0.2) is 53.6 Å². The van der Waals surface area contributed by atoms with Gasteiger partial charge >= 0.3 is 0 Å². The standard InChI is InChI=1S/C12H21BrN2O3S.C2H6/c1-5-18-12-14-11(13)10(8-16)15(12)9-17-6-7-19(2,3)4;1-2/h8H,5-7,9H2,1-4H3;1-2H3. The molecule has 0 N–H and O–H groups in total. The highest BCUT2D eigenvalue weighted by molar-refractivity contribution is 9.10. The molecule has 0 aliphatic rings. The first-order valence-corrected chi connectivity index (χ1v) is 10.8. The average Bonchev–Trinajstić information content (AvgIpc) is 2.72. The molecule has 0 spiro atoms. The van der Waals surface area contributed by atoms with Crippen LogP contribution in [0.15, 0.2) is 4.60 Å². The van der Waals surface area contributed by atoms with E-state index in [4.69, 9.17) is 9.47 Å². The average molecular weight is 383 g/mol. The van der Waals surface area contributed by atoms with Crippen LogP contribution in [0.2, 0.25) is 0 Å². The Balaban J connectivity index is 0.00000191. The van der Waals surface area contributed by atoms with Gasteiger partial charge in [0.15, 0.2) is 6.29 Å². The Morgan fingerprint density at radius 1 is 1.33 bits per heavy atom. The maximum Gasteiger partial charge on any atom is 0.299 e. The number of carbonyl (C=O) groups excluding carboxylic acids is 1. The van der Waals surface area contributed by atoms with E-state index in [-0.39, 0.29) is 6.73 Å². The van der Waals surface area contributed by atoms with Crippen molar-refractivity contribution in [1.29, 1.82) is 0 Å². The van der Waals surface area contributed by atoms with E-state index >= 15 is 0 Å². The Kier molecular flexibility index (Phi) is 9.98. The van der Waals surface area contributed by atoms with Crippen LogP contribution in [0, 0.1) is 0 Å². The number of ether oxygens (including phenoxy) is 2. The Bertz CT molecular complexity index is 431. The van der Waals surface area contributed by atoms with E-state index in [0.717, 1.165) is 12.0 Å². The highest BCUT2D eigenvalue weighted by Crippen LogP contribution is 2.33. The number of hydrogen-bond acceptors (Lipinski definition) is 4. The van der Waals surface area contributed by atoms with Gasteiger partial charge in [0.05, 0.1) is 13.2 Å². The summed E-state index contributed by atoms with van der Waals surface area (Å²) in [7, 11) is -0.569. The number of nitrogens with zero attached hydrogens (tertiary/aromatic N) is 2. The van der Waals surface area contributed by atoms with Crippen LogP contribution in [0.4, 0.5) is 0 Å². The molecule has 0 unspecified atom stereocenters. The van der Waals surface area contributed by atoms with Crippen molar-refractivity contribution in [2.75, 3.05) is 37.7 Å². The Morgan fingerprint density at radius 3 is 2.43 bits per heavy atom. The molecule has 21 heavy (non-hydrogen) atoms. The van der Waals surface area contributed by atoms with Crippen molar-refractivity contribution in [3.63, 3.8) is 0 Å². The maximum atomic E-state index is 11.1. The van der Waals surface area contributed by atoms with Gasteiger partial charge in [0, 0.05) is 5.75 Å². The Hall–Kier alpha value is -0.530. The zero-order valence-electron chi connectivity index (χ0n) is 13.8. The molecule has 0 fully saturated rings. The third-order valence-corrected chi connectivity index (χ3v) is 4.35. The van der Waals surface area contributed by atoms with Crippen molar-refractivity contribution in [3.8, 4) is 6.01 Å². The minimum absolute atomic E-state index is 0.275. The zero-order valence-corrected chi connectivity index (χ0v) is 16.2. The lowest BCUT2D eigenvalue weighted by Crippen LogP contribution is -2.13. The number of carbonyl (C=O) groups is 1. The van der Waals surface area contributed by atoms with Crippen molar-refractivity contribution in [1.82, 2.24) is 9.55 Å². The first-order chi connectivity index (χ1) is 9.89. The zero-order chi connectivity index (χ0) is 16.5. The molecule has 0 amide bonds. The van der Waals surface area contributed by atoms with Gasteiger partial charge in [-0.3, -0.25) is 9.36 Å². The summed E-state index contributed by atoms with van der Waals surface area (Å²) in [5.41, 5.74) is 0.437. The molecule has 0 atom stereocenters. The Morgan fingerprint density at radius 2 is 1.95 bits per heavy atom. The van der Waals surface area contributed by atoms with Crippen LogP contribution in [0.25, 0.3) is 0 Å². The molecular formula is C14H27BrN2O3S. The molecule has 1 rings (SSSR count). The summed E-state index contributed by atoms with van der Waals surface area (Å²) in [6, 6.07) is 0.402. The highest BCUT2D eigenvalue weighted by atomic mass is 79.9. The molecule has 7 heteroatoms. The number of imidazole rings is 1. The molecule has 5 nitrogen and oxygen atoms in total. The minimum atomic E-state index is -0.569. The third kappa shape index (κ3) is 7.33. The van der Waals surface area contributed by atoms with Crippen molar-refractivity contribution in [2.45, 2.75) is 27.5 Å². The summed E-state index contributed by atoms with van der Waals surface area (Å²) < 4.78 is 13.1. The summed E-state index contributed by atoms with van der Waals surface area (Å²) in [5, 5.41) is 0. The van der Waals surface area contributed by atoms with Crippen LogP contribution in [-0.2, 0) is 11.5 Å². The lowest BCUT2D eigenvalue weighted by atomic mass is 10.5. The van der Waals surface area contributed by atoms with Crippen LogP contribution < -0.4 is 4.74 Å². The first-order valence-electron chi connectivity index (χ1n) is 6.96. The predicted molar refractivity (Wildman–Crippen MR) is 94.0 cm³/mol. The van der Waals surface area contributed by atoms with Gasteiger partial charge in [-0.1, -0.05) is 13.8 Å². The van der Waals surface area contributed by atoms with Gasteiger partial charge in [-0.25, -0.2) is 10.0 Å². The van der Waals surface area contributed by atoms with Crippen molar-refractivity contribution in [2.24, 2.45) is 0 Å². The molecular weight excluding hydrogens is 356 g/mol. The monoisotopic (exact) mass is 382 g/mol. The van der Waals surface area contributed by atoms with Gasteiger partial charge in [0.2, 0.25) is 0 Å². The van der Waals surface area contributed by atoms with E-state index in [1.54, 1.807) is 4.57 Å². The summed E-state index contributed by atoms with van der Waals surface area (Å²) in [5.74, 6) is 1.03. The van der Waals surface area contributed by atoms with E-state index in [1.165, 1.54) is 0 Å². The molecule has 0 saturated heterocycles. The van der Waals surface area contributed by atoms with Gasteiger partial charge in [0.1, 0.15) is 17.0 Å². The summed E-state index contributed by atoms with van der Waals surface area (Å²) >= 11 is 3.24. The molecule has 0 bridgehead atoms.